The van der Waals surface area contributed by atoms with Crippen LogP contribution in [0.3, 0.4) is 0 Å². The Morgan fingerprint density at radius 2 is 2.04 bits per heavy atom. The monoisotopic (exact) mass is 342 g/mol. The molecule has 1 aliphatic rings. The van der Waals surface area contributed by atoms with Crippen molar-refractivity contribution in [1.29, 1.82) is 0 Å². The SMILES string of the molecule is Cc1n[nH]nc1C(=O)NCC[C@]1(c2ccccc2)CCOC(C)(C)C1. The number of hydrogen-bond donors (Lipinski definition) is 2. The summed E-state index contributed by atoms with van der Waals surface area (Å²) in [5.41, 5.74) is 2.14. The van der Waals surface area contributed by atoms with Gasteiger partial charge in [0.25, 0.3) is 5.91 Å². The van der Waals surface area contributed by atoms with Crippen LogP contribution in [0, 0.1) is 6.92 Å². The van der Waals surface area contributed by atoms with Gasteiger partial charge in [-0.15, -0.1) is 0 Å². The first-order valence-corrected chi connectivity index (χ1v) is 8.77. The highest BCUT2D eigenvalue weighted by Crippen LogP contribution is 2.43. The molecule has 1 amide bonds. The number of amides is 1. The van der Waals surface area contributed by atoms with Crippen molar-refractivity contribution in [2.75, 3.05) is 13.2 Å². The quantitative estimate of drug-likeness (QED) is 0.875. The molecular weight excluding hydrogens is 316 g/mol. The summed E-state index contributed by atoms with van der Waals surface area (Å²) in [6, 6.07) is 10.6. The summed E-state index contributed by atoms with van der Waals surface area (Å²) in [5, 5.41) is 13.3. The van der Waals surface area contributed by atoms with Gasteiger partial charge in [-0.05, 0) is 45.6 Å². The van der Waals surface area contributed by atoms with Crippen molar-refractivity contribution in [3.63, 3.8) is 0 Å². The number of benzene rings is 1. The third kappa shape index (κ3) is 3.90. The summed E-state index contributed by atoms with van der Waals surface area (Å²) in [4.78, 5) is 12.3. The molecule has 0 radical (unpaired) electrons. The normalized spacial score (nSPS) is 22.5. The summed E-state index contributed by atoms with van der Waals surface area (Å²) >= 11 is 0. The van der Waals surface area contributed by atoms with Gasteiger partial charge in [0, 0.05) is 18.6 Å². The van der Waals surface area contributed by atoms with E-state index in [0.717, 1.165) is 25.9 Å². The number of H-pyrrole nitrogens is 1. The second-order valence-electron chi connectivity index (χ2n) is 7.44. The smallest absolute Gasteiger partial charge is 0.273 e. The number of carbonyl (C=O) groups excluding carboxylic acids is 1. The molecule has 3 rings (SSSR count). The van der Waals surface area contributed by atoms with Crippen LogP contribution in [0.2, 0.25) is 0 Å². The fourth-order valence-electron chi connectivity index (χ4n) is 3.87. The third-order valence-electron chi connectivity index (χ3n) is 5.05. The van der Waals surface area contributed by atoms with Gasteiger partial charge in [-0.2, -0.15) is 15.4 Å². The number of aromatic amines is 1. The third-order valence-corrected chi connectivity index (χ3v) is 5.05. The summed E-state index contributed by atoms with van der Waals surface area (Å²) < 4.78 is 5.93. The lowest BCUT2D eigenvalue weighted by molar-refractivity contribution is -0.0838. The van der Waals surface area contributed by atoms with Gasteiger partial charge in [-0.3, -0.25) is 4.79 Å². The molecule has 6 nitrogen and oxygen atoms in total. The highest BCUT2D eigenvalue weighted by molar-refractivity contribution is 5.93. The molecule has 2 aromatic rings. The van der Waals surface area contributed by atoms with Gasteiger partial charge in [0.2, 0.25) is 0 Å². The Morgan fingerprint density at radius 3 is 2.68 bits per heavy atom. The lowest BCUT2D eigenvalue weighted by Crippen LogP contribution is -2.45. The van der Waals surface area contributed by atoms with Crippen LogP contribution in [0.15, 0.2) is 30.3 Å². The fourth-order valence-corrected chi connectivity index (χ4v) is 3.87. The van der Waals surface area contributed by atoms with E-state index >= 15 is 0 Å². The molecule has 1 aliphatic heterocycles. The summed E-state index contributed by atoms with van der Waals surface area (Å²) in [7, 11) is 0. The van der Waals surface area contributed by atoms with Crippen LogP contribution in [0.5, 0.6) is 0 Å². The maximum atomic E-state index is 12.3. The number of nitrogens with zero attached hydrogens (tertiary/aromatic N) is 2. The molecule has 134 valence electrons. The molecule has 0 spiro atoms. The Bertz CT molecular complexity index is 726. The Labute approximate surface area is 148 Å². The van der Waals surface area contributed by atoms with Crippen molar-refractivity contribution >= 4 is 5.91 Å². The number of carbonyl (C=O) groups is 1. The molecule has 1 aromatic heterocycles. The Hall–Kier alpha value is -2.21. The molecule has 1 aromatic carbocycles. The van der Waals surface area contributed by atoms with Crippen LogP contribution in [0.1, 0.15) is 54.9 Å². The van der Waals surface area contributed by atoms with Crippen molar-refractivity contribution in [2.24, 2.45) is 0 Å². The van der Waals surface area contributed by atoms with Crippen molar-refractivity contribution in [2.45, 2.75) is 51.0 Å². The molecule has 0 unspecified atom stereocenters. The summed E-state index contributed by atoms with van der Waals surface area (Å²) in [5.74, 6) is -0.180. The first-order chi connectivity index (χ1) is 11.9. The Balaban J connectivity index is 1.73. The molecule has 2 N–H and O–H groups in total. The molecule has 6 heteroatoms. The topological polar surface area (TPSA) is 79.9 Å². The van der Waals surface area contributed by atoms with Crippen molar-refractivity contribution in [1.82, 2.24) is 20.7 Å². The molecule has 1 saturated heterocycles. The molecule has 2 heterocycles. The first-order valence-electron chi connectivity index (χ1n) is 8.77. The van der Waals surface area contributed by atoms with Crippen LogP contribution in [0.25, 0.3) is 0 Å². The number of aryl methyl sites for hydroxylation is 1. The predicted octanol–water partition coefficient (Wildman–Crippen LogP) is 2.76. The van der Waals surface area contributed by atoms with Crippen LogP contribution in [0.4, 0.5) is 0 Å². The highest BCUT2D eigenvalue weighted by Gasteiger charge is 2.41. The standard InChI is InChI=1S/C19H26N4O2/c1-14-16(22-23-21-14)17(24)20-11-9-19(15-7-5-4-6-8-15)10-12-25-18(2,3)13-19/h4-8H,9-13H2,1-3H3,(H,20,24)(H,21,22,23)/t19-/m0/s1. The van der Waals surface area contributed by atoms with Crippen molar-refractivity contribution in [3.05, 3.63) is 47.3 Å². The molecule has 0 saturated carbocycles. The minimum Gasteiger partial charge on any atom is -0.376 e. The Kier molecular flexibility index (Phi) is 4.90. The van der Waals surface area contributed by atoms with E-state index in [-0.39, 0.29) is 16.9 Å². The first kappa shape index (κ1) is 17.6. The number of aromatic nitrogens is 3. The van der Waals surface area contributed by atoms with Gasteiger partial charge in [0.15, 0.2) is 5.69 Å². The minimum absolute atomic E-state index is 0.00909. The van der Waals surface area contributed by atoms with Gasteiger partial charge in [0.1, 0.15) is 0 Å². The van der Waals surface area contributed by atoms with E-state index < -0.39 is 0 Å². The highest BCUT2D eigenvalue weighted by atomic mass is 16.5. The molecule has 1 fully saturated rings. The van der Waals surface area contributed by atoms with Crippen molar-refractivity contribution < 1.29 is 9.53 Å². The van der Waals surface area contributed by atoms with E-state index in [2.05, 4.69) is 58.8 Å². The van der Waals surface area contributed by atoms with E-state index in [1.54, 1.807) is 6.92 Å². The fraction of sp³-hybridized carbons (Fsp3) is 0.526. The molecule has 0 bridgehead atoms. The molecule has 1 atom stereocenters. The van der Waals surface area contributed by atoms with E-state index in [1.165, 1.54) is 5.56 Å². The van der Waals surface area contributed by atoms with Crippen LogP contribution in [-0.4, -0.2) is 40.1 Å². The molecular formula is C19H26N4O2. The maximum absolute atomic E-state index is 12.3. The predicted molar refractivity (Wildman–Crippen MR) is 95.5 cm³/mol. The van der Waals surface area contributed by atoms with Crippen LogP contribution in [-0.2, 0) is 10.2 Å². The van der Waals surface area contributed by atoms with Crippen molar-refractivity contribution in [3.8, 4) is 0 Å². The zero-order valence-electron chi connectivity index (χ0n) is 15.1. The number of ether oxygens (including phenoxy) is 1. The van der Waals surface area contributed by atoms with Gasteiger partial charge in [-0.25, -0.2) is 0 Å². The zero-order valence-corrected chi connectivity index (χ0v) is 15.1. The molecule has 0 aliphatic carbocycles. The lowest BCUT2D eigenvalue weighted by atomic mass is 9.67. The number of rotatable bonds is 5. The van der Waals surface area contributed by atoms with Crippen LogP contribution < -0.4 is 5.32 Å². The molecule has 25 heavy (non-hydrogen) atoms. The lowest BCUT2D eigenvalue weighted by Gasteiger charge is -2.45. The van der Waals surface area contributed by atoms with E-state index in [0.29, 0.717) is 17.9 Å². The van der Waals surface area contributed by atoms with Crippen LogP contribution >= 0.6 is 0 Å². The average molecular weight is 342 g/mol. The average Bonchev–Trinajstić information content (AvgIpc) is 3.01. The largest absolute Gasteiger partial charge is 0.376 e. The van der Waals surface area contributed by atoms with E-state index in [9.17, 15) is 4.79 Å². The number of nitrogens with one attached hydrogen (secondary N) is 2. The Morgan fingerprint density at radius 1 is 1.28 bits per heavy atom. The van der Waals surface area contributed by atoms with Gasteiger partial charge >= 0.3 is 0 Å². The second-order valence-corrected chi connectivity index (χ2v) is 7.44. The summed E-state index contributed by atoms with van der Waals surface area (Å²) in [6.45, 7) is 7.38. The van der Waals surface area contributed by atoms with E-state index in [1.807, 2.05) is 6.07 Å². The number of hydrogen-bond acceptors (Lipinski definition) is 4. The zero-order chi connectivity index (χ0) is 17.9. The van der Waals surface area contributed by atoms with Gasteiger partial charge in [0.05, 0.1) is 11.3 Å². The van der Waals surface area contributed by atoms with Gasteiger partial charge in [-0.1, -0.05) is 30.3 Å². The second kappa shape index (κ2) is 6.96. The summed E-state index contributed by atoms with van der Waals surface area (Å²) in [6.07, 6.45) is 2.76. The van der Waals surface area contributed by atoms with Gasteiger partial charge < -0.3 is 10.1 Å². The minimum atomic E-state index is -0.180. The maximum Gasteiger partial charge on any atom is 0.273 e. The van der Waals surface area contributed by atoms with E-state index in [4.69, 9.17) is 4.74 Å².